The van der Waals surface area contributed by atoms with E-state index in [1.54, 1.807) is 0 Å². The summed E-state index contributed by atoms with van der Waals surface area (Å²) < 4.78 is 36.2. The van der Waals surface area contributed by atoms with Crippen LogP contribution in [-0.2, 0) is 4.79 Å². The van der Waals surface area contributed by atoms with Crippen molar-refractivity contribution < 1.29 is 23.0 Å². The molecule has 24 heavy (non-hydrogen) atoms. The third kappa shape index (κ3) is 4.26. The molecule has 2 aromatic carbocycles. The number of benzene rings is 2. The molecule has 0 aliphatic carbocycles. The summed E-state index contributed by atoms with van der Waals surface area (Å²) in [6.07, 6.45) is 0. The number of anilines is 2. The third-order valence-electron chi connectivity index (χ3n) is 3.12. The van der Waals surface area contributed by atoms with Gasteiger partial charge in [0.25, 0.3) is 0 Å². The summed E-state index contributed by atoms with van der Waals surface area (Å²) in [4.78, 5) is 12.0. The fraction of sp³-hybridized carbons (Fsp3) is 0.188. The number of hydrogen-bond donors (Lipinski definition) is 2. The van der Waals surface area contributed by atoms with Crippen molar-refractivity contribution in [3.05, 3.63) is 47.0 Å². The summed E-state index contributed by atoms with van der Waals surface area (Å²) in [5.41, 5.74) is 0.653. The van der Waals surface area contributed by atoms with Gasteiger partial charge in [0.2, 0.25) is 5.91 Å². The van der Waals surface area contributed by atoms with Gasteiger partial charge in [0.15, 0.2) is 11.6 Å². The predicted octanol–water partition coefficient (Wildman–Crippen LogP) is 3.69. The van der Waals surface area contributed by atoms with E-state index in [-0.39, 0.29) is 12.2 Å². The van der Waals surface area contributed by atoms with Crippen LogP contribution >= 0.6 is 11.6 Å². The molecule has 0 saturated carbocycles. The highest BCUT2D eigenvalue weighted by molar-refractivity contribution is 6.32. The number of ether oxygens (including phenoxy) is 2. The molecule has 5 nitrogen and oxygen atoms in total. The van der Waals surface area contributed by atoms with E-state index in [9.17, 15) is 13.6 Å². The fourth-order valence-corrected chi connectivity index (χ4v) is 2.17. The number of hydrogen-bond acceptors (Lipinski definition) is 4. The maximum atomic E-state index is 13.1. The van der Waals surface area contributed by atoms with Gasteiger partial charge in [0, 0.05) is 23.9 Å². The van der Waals surface area contributed by atoms with Crippen molar-refractivity contribution in [1.29, 1.82) is 0 Å². The Kier molecular flexibility index (Phi) is 5.81. The molecule has 0 aliphatic rings. The first-order chi connectivity index (χ1) is 11.4. The van der Waals surface area contributed by atoms with Gasteiger partial charge in [-0.3, -0.25) is 4.79 Å². The van der Waals surface area contributed by atoms with Crippen molar-refractivity contribution in [1.82, 2.24) is 0 Å². The summed E-state index contributed by atoms with van der Waals surface area (Å²) in [5, 5.41) is 5.66. The van der Waals surface area contributed by atoms with Gasteiger partial charge in [-0.25, -0.2) is 8.78 Å². The monoisotopic (exact) mass is 356 g/mol. The summed E-state index contributed by atoms with van der Waals surface area (Å²) >= 11 is 5.99. The Bertz CT molecular complexity index is 756. The van der Waals surface area contributed by atoms with Crippen molar-refractivity contribution >= 4 is 28.9 Å². The zero-order chi connectivity index (χ0) is 17.7. The molecule has 1 amide bonds. The molecule has 2 aromatic rings. The molecule has 0 heterocycles. The third-order valence-corrected chi connectivity index (χ3v) is 3.42. The quantitative estimate of drug-likeness (QED) is 0.828. The smallest absolute Gasteiger partial charge is 0.243 e. The summed E-state index contributed by atoms with van der Waals surface area (Å²) in [6, 6.07) is 6.31. The zero-order valence-corrected chi connectivity index (χ0v) is 13.7. The fourth-order valence-electron chi connectivity index (χ4n) is 1.94. The van der Waals surface area contributed by atoms with Gasteiger partial charge in [-0.1, -0.05) is 11.6 Å². The lowest BCUT2D eigenvalue weighted by atomic mass is 10.2. The zero-order valence-electron chi connectivity index (χ0n) is 13.0. The van der Waals surface area contributed by atoms with E-state index in [0.29, 0.717) is 22.2 Å². The largest absolute Gasteiger partial charge is 0.495 e. The molecular formula is C16H15ClF2N2O3. The lowest BCUT2D eigenvalue weighted by Crippen LogP contribution is -2.22. The van der Waals surface area contributed by atoms with E-state index < -0.39 is 17.5 Å². The van der Waals surface area contributed by atoms with Crippen LogP contribution in [0.15, 0.2) is 30.3 Å². The summed E-state index contributed by atoms with van der Waals surface area (Å²) in [5.74, 6) is -1.63. The Hall–Kier alpha value is -2.54. The molecule has 0 radical (unpaired) electrons. The minimum atomic E-state index is -0.996. The van der Waals surface area contributed by atoms with Gasteiger partial charge in [-0.05, 0) is 12.1 Å². The van der Waals surface area contributed by atoms with E-state index in [1.165, 1.54) is 32.4 Å². The number of halogens is 3. The average Bonchev–Trinajstić information content (AvgIpc) is 2.57. The van der Waals surface area contributed by atoms with E-state index in [2.05, 4.69) is 10.6 Å². The number of carbonyl (C=O) groups is 1. The second-order valence-electron chi connectivity index (χ2n) is 4.72. The van der Waals surface area contributed by atoms with Gasteiger partial charge in [-0.15, -0.1) is 0 Å². The highest BCUT2D eigenvalue weighted by Crippen LogP contribution is 2.35. The second-order valence-corrected chi connectivity index (χ2v) is 5.12. The molecule has 0 unspecified atom stereocenters. The van der Waals surface area contributed by atoms with Crippen LogP contribution in [0.2, 0.25) is 5.02 Å². The van der Waals surface area contributed by atoms with Crippen LogP contribution in [0.1, 0.15) is 0 Å². The molecule has 0 aliphatic heterocycles. The number of amides is 1. The number of carbonyl (C=O) groups excluding carboxylic acids is 1. The Morgan fingerprint density at radius 2 is 1.79 bits per heavy atom. The minimum Gasteiger partial charge on any atom is -0.495 e. The molecule has 0 spiro atoms. The van der Waals surface area contributed by atoms with Crippen LogP contribution in [0.25, 0.3) is 0 Å². The average molecular weight is 357 g/mol. The van der Waals surface area contributed by atoms with Gasteiger partial charge < -0.3 is 20.1 Å². The standard InChI is InChI=1S/C16H15ClF2N2O3/c1-23-14-7-13(15(24-2)6-10(14)17)21-16(22)8-20-9-3-4-11(18)12(19)5-9/h3-7,20H,8H2,1-2H3,(H,21,22). The van der Waals surface area contributed by atoms with E-state index in [0.717, 1.165) is 12.1 Å². The number of nitrogens with one attached hydrogen (secondary N) is 2. The Morgan fingerprint density at radius 3 is 2.42 bits per heavy atom. The van der Waals surface area contributed by atoms with Crippen LogP contribution in [0.5, 0.6) is 11.5 Å². The van der Waals surface area contributed by atoms with E-state index in [1.807, 2.05) is 0 Å². The first-order valence-electron chi connectivity index (χ1n) is 6.85. The van der Waals surface area contributed by atoms with Crippen molar-refractivity contribution in [2.24, 2.45) is 0 Å². The maximum Gasteiger partial charge on any atom is 0.243 e. The second kappa shape index (κ2) is 7.83. The molecular weight excluding hydrogens is 342 g/mol. The van der Waals surface area contributed by atoms with Crippen LogP contribution in [0, 0.1) is 11.6 Å². The molecule has 0 bridgehead atoms. The first kappa shape index (κ1) is 17.8. The Balaban J connectivity index is 2.05. The normalized spacial score (nSPS) is 10.2. The van der Waals surface area contributed by atoms with Gasteiger partial charge in [0.1, 0.15) is 11.5 Å². The molecule has 0 fully saturated rings. The molecule has 0 saturated heterocycles. The van der Waals surface area contributed by atoms with Crippen molar-refractivity contribution in [2.45, 2.75) is 0 Å². The molecule has 2 N–H and O–H groups in total. The molecule has 8 heteroatoms. The van der Waals surface area contributed by atoms with E-state index >= 15 is 0 Å². The highest BCUT2D eigenvalue weighted by atomic mass is 35.5. The molecule has 0 aromatic heterocycles. The number of rotatable bonds is 6. The predicted molar refractivity (Wildman–Crippen MR) is 88.0 cm³/mol. The summed E-state index contributed by atoms with van der Waals surface area (Å²) in [7, 11) is 2.89. The Morgan fingerprint density at radius 1 is 1.08 bits per heavy atom. The van der Waals surface area contributed by atoms with Crippen molar-refractivity contribution in [2.75, 3.05) is 31.4 Å². The van der Waals surface area contributed by atoms with E-state index in [4.69, 9.17) is 21.1 Å². The van der Waals surface area contributed by atoms with Gasteiger partial charge in [0.05, 0.1) is 31.5 Å². The van der Waals surface area contributed by atoms with Crippen LogP contribution in [0.3, 0.4) is 0 Å². The lowest BCUT2D eigenvalue weighted by Gasteiger charge is -2.13. The van der Waals surface area contributed by atoms with Crippen molar-refractivity contribution in [3.63, 3.8) is 0 Å². The maximum absolute atomic E-state index is 13.1. The summed E-state index contributed by atoms with van der Waals surface area (Å²) in [6.45, 7) is -0.154. The van der Waals surface area contributed by atoms with Crippen molar-refractivity contribution in [3.8, 4) is 11.5 Å². The van der Waals surface area contributed by atoms with Crippen LogP contribution in [-0.4, -0.2) is 26.7 Å². The molecule has 2 rings (SSSR count). The Labute approximate surface area is 142 Å². The lowest BCUT2D eigenvalue weighted by molar-refractivity contribution is -0.114. The number of methoxy groups -OCH3 is 2. The SMILES string of the molecule is COc1cc(NC(=O)CNc2ccc(F)c(F)c2)c(OC)cc1Cl. The minimum absolute atomic E-state index is 0.154. The van der Waals surface area contributed by atoms with Crippen LogP contribution in [0.4, 0.5) is 20.2 Å². The van der Waals surface area contributed by atoms with Crippen LogP contribution < -0.4 is 20.1 Å². The van der Waals surface area contributed by atoms with Gasteiger partial charge in [-0.2, -0.15) is 0 Å². The topological polar surface area (TPSA) is 59.6 Å². The highest BCUT2D eigenvalue weighted by Gasteiger charge is 2.12. The molecule has 0 atom stereocenters. The molecule has 128 valence electrons. The first-order valence-corrected chi connectivity index (χ1v) is 7.22. The van der Waals surface area contributed by atoms with Gasteiger partial charge >= 0.3 is 0 Å².